The topological polar surface area (TPSA) is 32.3 Å². The molecule has 1 unspecified atom stereocenters. The number of nitrogens with zero attached hydrogens (tertiary/aromatic N) is 1. The van der Waals surface area contributed by atoms with E-state index in [-0.39, 0.29) is 11.3 Å². The molecule has 1 saturated heterocycles. The summed E-state index contributed by atoms with van der Waals surface area (Å²) in [6, 6.07) is 17.7. The molecule has 1 heterocycles. The monoisotopic (exact) mass is 286 g/mol. The SMILES string of the molecule is O=C1CC(Cl)CN1c1ccccc1Nc1ccccc1. The molecule has 0 aromatic heterocycles. The molecule has 0 spiro atoms. The second kappa shape index (κ2) is 5.55. The van der Waals surface area contributed by atoms with Crippen LogP contribution in [0.1, 0.15) is 6.42 Å². The molecule has 0 aliphatic carbocycles. The van der Waals surface area contributed by atoms with Crippen molar-refractivity contribution < 1.29 is 4.79 Å². The predicted octanol–water partition coefficient (Wildman–Crippen LogP) is 3.77. The largest absolute Gasteiger partial charge is 0.354 e. The van der Waals surface area contributed by atoms with Gasteiger partial charge in [-0.25, -0.2) is 0 Å². The Kier molecular flexibility index (Phi) is 3.61. The van der Waals surface area contributed by atoms with Gasteiger partial charge in [-0.1, -0.05) is 30.3 Å². The molecule has 1 N–H and O–H groups in total. The molecular formula is C16H15ClN2O. The molecule has 102 valence electrons. The molecule has 0 bridgehead atoms. The summed E-state index contributed by atoms with van der Waals surface area (Å²) in [7, 11) is 0. The van der Waals surface area contributed by atoms with E-state index in [9.17, 15) is 4.79 Å². The number of hydrogen-bond acceptors (Lipinski definition) is 2. The van der Waals surface area contributed by atoms with Crippen molar-refractivity contribution in [3.8, 4) is 0 Å². The predicted molar refractivity (Wildman–Crippen MR) is 82.8 cm³/mol. The Morgan fingerprint density at radius 2 is 1.75 bits per heavy atom. The third kappa shape index (κ3) is 2.63. The Balaban J connectivity index is 1.91. The number of anilines is 3. The van der Waals surface area contributed by atoms with Crippen LogP contribution in [0.4, 0.5) is 17.1 Å². The zero-order valence-corrected chi connectivity index (χ0v) is 11.7. The third-order valence-corrected chi connectivity index (χ3v) is 3.62. The fraction of sp³-hybridized carbons (Fsp3) is 0.188. The molecule has 1 aliphatic rings. The van der Waals surface area contributed by atoms with Gasteiger partial charge in [0.15, 0.2) is 0 Å². The maximum absolute atomic E-state index is 12.0. The second-order valence-corrected chi connectivity index (χ2v) is 5.43. The summed E-state index contributed by atoms with van der Waals surface area (Å²) in [6.07, 6.45) is 0.404. The van der Waals surface area contributed by atoms with E-state index in [1.807, 2.05) is 54.6 Å². The Hall–Kier alpha value is -2.00. The van der Waals surface area contributed by atoms with Crippen LogP contribution in [0.5, 0.6) is 0 Å². The summed E-state index contributed by atoms with van der Waals surface area (Å²) >= 11 is 6.08. The molecule has 1 aliphatic heterocycles. The highest BCUT2D eigenvalue weighted by atomic mass is 35.5. The van der Waals surface area contributed by atoms with Crippen molar-refractivity contribution in [2.45, 2.75) is 11.8 Å². The van der Waals surface area contributed by atoms with E-state index in [4.69, 9.17) is 11.6 Å². The van der Waals surface area contributed by atoms with Crippen LogP contribution in [0, 0.1) is 0 Å². The molecule has 20 heavy (non-hydrogen) atoms. The smallest absolute Gasteiger partial charge is 0.228 e. The summed E-state index contributed by atoms with van der Waals surface area (Å²) in [6.45, 7) is 0.563. The standard InChI is InChI=1S/C16H15ClN2O/c17-12-10-16(20)19(11-12)15-9-5-4-8-14(15)18-13-6-2-1-3-7-13/h1-9,12,18H,10-11H2. The molecule has 3 rings (SSSR count). The van der Waals surface area contributed by atoms with Gasteiger partial charge in [0.2, 0.25) is 5.91 Å². The van der Waals surface area contributed by atoms with Crippen LogP contribution in [-0.4, -0.2) is 17.8 Å². The van der Waals surface area contributed by atoms with E-state index in [1.54, 1.807) is 4.90 Å². The van der Waals surface area contributed by atoms with Crippen molar-refractivity contribution in [2.75, 3.05) is 16.8 Å². The van der Waals surface area contributed by atoms with Gasteiger partial charge in [0.1, 0.15) is 0 Å². The normalized spacial score (nSPS) is 18.4. The first kappa shape index (κ1) is 13.0. The highest BCUT2D eigenvalue weighted by Gasteiger charge is 2.30. The summed E-state index contributed by atoms with van der Waals surface area (Å²) in [5.41, 5.74) is 2.79. The first-order chi connectivity index (χ1) is 9.74. The Bertz CT molecular complexity index is 615. The van der Waals surface area contributed by atoms with Crippen LogP contribution < -0.4 is 10.2 Å². The third-order valence-electron chi connectivity index (χ3n) is 3.33. The Morgan fingerprint density at radius 3 is 2.45 bits per heavy atom. The molecular weight excluding hydrogens is 272 g/mol. The lowest BCUT2D eigenvalue weighted by Gasteiger charge is -2.20. The number of carbonyl (C=O) groups is 1. The lowest BCUT2D eigenvalue weighted by atomic mass is 10.2. The molecule has 4 heteroatoms. The lowest BCUT2D eigenvalue weighted by Crippen LogP contribution is -2.25. The van der Waals surface area contributed by atoms with Crippen molar-refractivity contribution in [3.63, 3.8) is 0 Å². The number of alkyl halides is 1. The number of hydrogen-bond donors (Lipinski definition) is 1. The van der Waals surface area contributed by atoms with E-state index < -0.39 is 0 Å². The average molecular weight is 287 g/mol. The van der Waals surface area contributed by atoms with E-state index in [1.165, 1.54) is 0 Å². The molecule has 0 saturated carbocycles. The minimum atomic E-state index is -0.104. The number of carbonyl (C=O) groups excluding carboxylic acids is 1. The van der Waals surface area contributed by atoms with Crippen molar-refractivity contribution in [3.05, 3.63) is 54.6 Å². The fourth-order valence-electron chi connectivity index (χ4n) is 2.39. The van der Waals surface area contributed by atoms with Crippen molar-refractivity contribution in [1.29, 1.82) is 0 Å². The van der Waals surface area contributed by atoms with Crippen molar-refractivity contribution in [2.24, 2.45) is 0 Å². The summed E-state index contributed by atoms with van der Waals surface area (Å²) < 4.78 is 0. The minimum absolute atomic E-state index is 0.0762. The molecule has 0 radical (unpaired) electrons. The highest BCUT2D eigenvalue weighted by molar-refractivity contribution is 6.24. The fourth-order valence-corrected chi connectivity index (χ4v) is 2.66. The maximum Gasteiger partial charge on any atom is 0.228 e. The summed E-state index contributed by atoms with van der Waals surface area (Å²) in [5, 5.41) is 3.24. The first-order valence-corrected chi connectivity index (χ1v) is 7.03. The van der Waals surface area contributed by atoms with Gasteiger partial charge in [0.25, 0.3) is 0 Å². The first-order valence-electron chi connectivity index (χ1n) is 6.59. The van der Waals surface area contributed by atoms with E-state index in [2.05, 4.69) is 5.32 Å². The van der Waals surface area contributed by atoms with E-state index in [0.717, 1.165) is 17.1 Å². The molecule has 1 amide bonds. The van der Waals surface area contributed by atoms with Crippen LogP contribution in [0.25, 0.3) is 0 Å². The van der Waals surface area contributed by atoms with Gasteiger partial charge >= 0.3 is 0 Å². The van der Waals surface area contributed by atoms with E-state index >= 15 is 0 Å². The number of benzene rings is 2. The molecule has 2 aromatic rings. The van der Waals surface area contributed by atoms with Gasteiger partial charge in [0.05, 0.1) is 16.8 Å². The second-order valence-electron chi connectivity index (χ2n) is 4.81. The number of halogens is 1. The van der Waals surface area contributed by atoms with Crippen LogP contribution in [0.3, 0.4) is 0 Å². The van der Waals surface area contributed by atoms with Crippen LogP contribution in [0.2, 0.25) is 0 Å². The molecule has 2 aromatic carbocycles. The lowest BCUT2D eigenvalue weighted by molar-refractivity contribution is -0.117. The van der Waals surface area contributed by atoms with Gasteiger partial charge < -0.3 is 10.2 Å². The molecule has 3 nitrogen and oxygen atoms in total. The summed E-state index contributed by atoms with van der Waals surface area (Å²) in [4.78, 5) is 13.8. The number of amides is 1. The number of para-hydroxylation sites is 3. The molecule has 1 fully saturated rings. The highest BCUT2D eigenvalue weighted by Crippen LogP contribution is 2.32. The molecule has 1 atom stereocenters. The van der Waals surface area contributed by atoms with Gasteiger partial charge in [0, 0.05) is 18.7 Å². The van der Waals surface area contributed by atoms with Gasteiger partial charge in [-0.05, 0) is 24.3 Å². The van der Waals surface area contributed by atoms with Gasteiger partial charge in [-0.15, -0.1) is 11.6 Å². The van der Waals surface area contributed by atoms with Crippen molar-refractivity contribution in [1.82, 2.24) is 0 Å². The Labute approximate surface area is 123 Å². The maximum atomic E-state index is 12.0. The Morgan fingerprint density at radius 1 is 1.05 bits per heavy atom. The van der Waals surface area contributed by atoms with E-state index in [0.29, 0.717) is 13.0 Å². The minimum Gasteiger partial charge on any atom is -0.354 e. The van der Waals surface area contributed by atoms with Gasteiger partial charge in [-0.2, -0.15) is 0 Å². The quantitative estimate of drug-likeness (QED) is 0.871. The van der Waals surface area contributed by atoms with Crippen LogP contribution in [0.15, 0.2) is 54.6 Å². The van der Waals surface area contributed by atoms with Crippen LogP contribution in [-0.2, 0) is 4.79 Å². The number of nitrogens with one attached hydrogen (secondary N) is 1. The van der Waals surface area contributed by atoms with Crippen molar-refractivity contribution >= 4 is 34.6 Å². The number of rotatable bonds is 3. The van der Waals surface area contributed by atoms with Gasteiger partial charge in [-0.3, -0.25) is 4.79 Å². The zero-order valence-electron chi connectivity index (χ0n) is 10.9. The summed E-state index contributed by atoms with van der Waals surface area (Å²) in [5.74, 6) is 0.0762. The van der Waals surface area contributed by atoms with Crippen LogP contribution >= 0.6 is 11.6 Å². The average Bonchev–Trinajstić information content (AvgIpc) is 2.79. The zero-order chi connectivity index (χ0) is 13.9.